The van der Waals surface area contributed by atoms with Gasteiger partial charge in [-0.3, -0.25) is 10.1 Å². The third-order valence-corrected chi connectivity index (χ3v) is 2.12. The highest BCUT2D eigenvalue weighted by molar-refractivity contribution is 5.76. The van der Waals surface area contributed by atoms with Crippen LogP contribution in [0.3, 0.4) is 0 Å². The third-order valence-electron chi connectivity index (χ3n) is 2.12. The van der Waals surface area contributed by atoms with Gasteiger partial charge < -0.3 is 4.74 Å². The van der Waals surface area contributed by atoms with Crippen LogP contribution in [0, 0.1) is 0 Å². The lowest BCUT2D eigenvalue weighted by Crippen LogP contribution is -2.32. The molecule has 0 amide bonds. The molecule has 66 valence electrons. The fourth-order valence-corrected chi connectivity index (χ4v) is 1.39. The van der Waals surface area contributed by atoms with Gasteiger partial charge in [-0.15, -0.1) is 0 Å². The average molecular weight is 169 g/mol. The average Bonchev–Trinajstić information content (AvgIpc) is 2.62. The minimum atomic E-state index is -0.266. The van der Waals surface area contributed by atoms with Crippen molar-refractivity contribution >= 4 is 5.97 Å². The van der Waals surface area contributed by atoms with Gasteiger partial charge in [0.1, 0.15) is 6.04 Å². The first kappa shape index (κ1) is 7.67. The standard InChI is InChI=1S/C7H11N3O2/c1-2-12-6(11)5-3-7(4-8-5)9-10-7/h5,8H,2-4H2,1H3/t5-/m0/s1. The molecule has 12 heavy (non-hydrogen) atoms. The van der Waals surface area contributed by atoms with Crippen LogP contribution >= 0.6 is 0 Å². The molecule has 1 saturated heterocycles. The number of nitrogens with one attached hydrogen (secondary N) is 1. The van der Waals surface area contributed by atoms with E-state index in [1.165, 1.54) is 0 Å². The van der Waals surface area contributed by atoms with Crippen LogP contribution in [0.2, 0.25) is 0 Å². The van der Waals surface area contributed by atoms with E-state index in [1.54, 1.807) is 6.92 Å². The summed E-state index contributed by atoms with van der Waals surface area (Å²) in [6.07, 6.45) is 0.659. The van der Waals surface area contributed by atoms with Gasteiger partial charge in [0.15, 0.2) is 0 Å². The maximum atomic E-state index is 11.2. The van der Waals surface area contributed by atoms with Gasteiger partial charge >= 0.3 is 5.97 Å². The number of esters is 1. The molecule has 0 saturated carbocycles. The van der Waals surface area contributed by atoms with Gasteiger partial charge in [0.05, 0.1) is 6.61 Å². The molecular weight excluding hydrogens is 158 g/mol. The van der Waals surface area contributed by atoms with Crippen molar-refractivity contribution in [2.75, 3.05) is 13.2 Å². The van der Waals surface area contributed by atoms with Crippen LogP contribution in [0.25, 0.3) is 0 Å². The van der Waals surface area contributed by atoms with E-state index in [-0.39, 0.29) is 17.7 Å². The van der Waals surface area contributed by atoms with Crippen LogP contribution in [-0.2, 0) is 9.53 Å². The highest BCUT2D eigenvalue weighted by atomic mass is 16.5. The molecule has 0 aromatic heterocycles. The molecule has 2 rings (SSSR count). The minimum absolute atomic E-state index is 0.188. The van der Waals surface area contributed by atoms with Gasteiger partial charge in [0.2, 0.25) is 5.66 Å². The molecule has 1 spiro atoms. The Morgan fingerprint density at radius 1 is 1.75 bits per heavy atom. The van der Waals surface area contributed by atoms with Crippen molar-refractivity contribution in [3.05, 3.63) is 0 Å². The van der Waals surface area contributed by atoms with Crippen molar-refractivity contribution < 1.29 is 9.53 Å². The topological polar surface area (TPSA) is 63.0 Å². The molecule has 5 heteroatoms. The molecule has 2 aliphatic heterocycles. The zero-order valence-electron chi connectivity index (χ0n) is 6.91. The van der Waals surface area contributed by atoms with E-state index < -0.39 is 0 Å². The lowest BCUT2D eigenvalue weighted by Gasteiger charge is -2.07. The summed E-state index contributed by atoms with van der Waals surface area (Å²) < 4.78 is 4.86. The van der Waals surface area contributed by atoms with Gasteiger partial charge in [-0.25, -0.2) is 0 Å². The van der Waals surface area contributed by atoms with Gasteiger partial charge in [-0.1, -0.05) is 0 Å². The molecule has 1 atom stereocenters. The number of carbonyl (C=O) groups is 1. The van der Waals surface area contributed by atoms with E-state index >= 15 is 0 Å². The van der Waals surface area contributed by atoms with Gasteiger partial charge in [0, 0.05) is 13.0 Å². The summed E-state index contributed by atoms with van der Waals surface area (Å²) in [6, 6.07) is -0.208. The molecular formula is C7H11N3O2. The Kier molecular flexibility index (Phi) is 1.61. The summed E-state index contributed by atoms with van der Waals surface area (Å²) >= 11 is 0. The SMILES string of the molecule is CCOC(=O)[C@@H]1CC2(CN1)N=N2. The predicted molar refractivity (Wildman–Crippen MR) is 40.6 cm³/mol. The maximum Gasteiger partial charge on any atom is 0.323 e. The second-order valence-corrected chi connectivity index (χ2v) is 3.07. The summed E-state index contributed by atoms with van der Waals surface area (Å²) in [6.45, 7) is 2.91. The molecule has 2 heterocycles. The zero-order valence-corrected chi connectivity index (χ0v) is 6.91. The number of hydrogen-bond donors (Lipinski definition) is 1. The Morgan fingerprint density at radius 3 is 3.00 bits per heavy atom. The first-order chi connectivity index (χ1) is 5.76. The quantitative estimate of drug-likeness (QED) is 0.595. The van der Waals surface area contributed by atoms with Crippen molar-refractivity contribution in [3.63, 3.8) is 0 Å². The van der Waals surface area contributed by atoms with E-state index in [4.69, 9.17) is 4.74 Å². The number of hydrogen-bond acceptors (Lipinski definition) is 5. The second-order valence-electron chi connectivity index (χ2n) is 3.07. The van der Waals surface area contributed by atoms with E-state index in [2.05, 4.69) is 15.5 Å². The molecule has 1 fully saturated rings. The van der Waals surface area contributed by atoms with E-state index in [9.17, 15) is 4.79 Å². The molecule has 1 N–H and O–H groups in total. The Balaban J connectivity index is 1.86. The first-order valence-corrected chi connectivity index (χ1v) is 4.10. The summed E-state index contributed by atoms with van der Waals surface area (Å²) in [5.74, 6) is -0.188. The minimum Gasteiger partial charge on any atom is -0.465 e. The first-order valence-electron chi connectivity index (χ1n) is 4.10. The number of carbonyl (C=O) groups excluding carboxylic acids is 1. The van der Waals surface area contributed by atoms with Crippen LogP contribution in [-0.4, -0.2) is 30.8 Å². The Morgan fingerprint density at radius 2 is 2.50 bits per heavy atom. The van der Waals surface area contributed by atoms with Crippen LogP contribution in [0.5, 0.6) is 0 Å². The van der Waals surface area contributed by atoms with Gasteiger partial charge in [0.25, 0.3) is 0 Å². The molecule has 0 unspecified atom stereocenters. The zero-order chi connectivity index (χ0) is 8.60. The molecule has 0 aromatic rings. The Bertz CT molecular complexity index is 233. The molecule has 5 nitrogen and oxygen atoms in total. The third kappa shape index (κ3) is 1.20. The van der Waals surface area contributed by atoms with Crippen LogP contribution in [0.15, 0.2) is 10.2 Å². The smallest absolute Gasteiger partial charge is 0.323 e. The molecule has 0 bridgehead atoms. The fraction of sp³-hybridized carbons (Fsp3) is 0.857. The lowest BCUT2D eigenvalue weighted by molar-refractivity contribution is -0.145. The van der Waals surface area contributed by atoms with E-state index in [1.807, 2.05) is 0 Å². The monoisotopic (exact) mass is 169 g/mol. The number of rotatable bonds is 2. The van der Waals surface area contributed by atoms with E-state index in [0.29, 0.717) is 19.6 Å². The van der Waals surface area contributed by atoms with Crippen LogP contribution in [0.4, 0.5) is 0 Å². The van der Waals surface area contributed by atoms with Crippen molar-refractivity contribution in [3.8, 4) is 0 Å². The largest absolute Gasteiger partial charge is 0.465 e. The molecule has 0 aromatic carbocycles. The highest BCUT2D eigenvalue weighted by Gasteiger charge is 2.49. The van der Waals surface area contributed by atoms with Crippen LogP contribution in [0.1, 0.15) is 13.3 Å². The van der Waals surface area contributed by atoms with Crippen LogP contribution < -0.4 is 5.32 Å². The summed E-state index contributed by atoms with van der Waals surface area (Å²) in [4.78, 5) is 11.2. The Labute approximate surface area is 70.2 Å². The summed E-state index contributed by atoms with van der Waals surface area (Å²) in [5, 5.41) is 10.8. The summed E-state index contributed by atoms with van der Waals surface area (Å²) in [5.41, 5.74) is -0.266. The molecule has 2 aliphatic rings. The second kappa shape index (κ2) is 2.52. The van der Waals surface area contributed by atoms with Gasteiger partial charge in [-0.05, 0) is 6.92 Å². The van der Waals surface area contributed by atoms with Crippen molar-refractivity contribution in [1.82, 2.24) is 5.32 Å². The number of ether oxygens (including phenoxy) is 1. The van der Waals surface area contributed by atoms with Gasteiger partial charge in [-0.2, -0.15) is 10.2 Å². The van der Waals surface area contributed by atoms with Crippen molar-refractivity contribution in [2.24, 2.45) is 10.2 Å². The van der Waals surface area contributed by atoms with E-state index in [0.717, 1.165) is 0 Å². The highest BCUT2D eigenvalue weighted by Crippen LogP contribution is 2.36. The predicted octanol–water partition coefficient (Wildman–Crippen LogP) is 0.0735. The van der Waals surface area contributed by atoms with Crippen molar-refractivity contribution in [1.29, 1.82) is 0 Å². The normalized spacial score (nSPS) is 29.2. The molecule has 0 radical (unpaired) electrons. The molecule has 0 aliphatic carbocycles. The number of nitrogens with zero attached hydrogens (tertiary/aromatic N) is 2. The Hall–Kier alpha value is -0.970. The lowest BCUT2D eigenvalue weighted by atomic mass is 10.1. The maximum absolute atomic E-state index is 11.2. The van der Waals surface area contributed by atoms with Crippen molar-refractivity contribution in [2.45, 2.75) is 25.0 Å². The summed E-state index contributed by atoms with van der Waals surface area (Å²) in [7, 11) is 0. The fourth-order valence-electron chi connectivity index (χ4n) is 1.39.